The molecule has 1 aliphatic heterocycles. The van der Waals surface area contributed by atoms with E-state index in [0.717, 1.165) is 43.1 Å². The Morgan fingerprint density at radius 3 is 2.91 bits per heavy atom. The van der Waals surface area contributed by atoms with E-state index in [2.05, 4.69) is 25.1 Å². The molecule has 0 unspecified atom stereocenters. The Morgan fingerprint density at radius 2 is 2.04 bits per heavy atom. The molecular weight excluding hydrogens is 292 g/mol. The minimum Gasteiger partial charge on any atom is -0.315 e. The van der Waals surface area contributed by atoms with Crippen LogP contribution in [0.15, 0.2) is 43.1 Å². The van der Waals surface area contributed by atoms with Gasteiger partial charge < -0.3 is 9.88 Å². The number of imidazole rings is 1. The van der Waals surface area contributed by atoms with Crippen molar-refractivity contribution in [3.63, 3.8) is 0 Å². The number of aryl methyl sites for hydroxylation is 1. The van der Waals surface area contributed by atoms with E-state index in [1.54, 1.807) is 29.5 Å². The van der Waals surface area contributed by atoms with Gasteiger partial charge >= 0.3 is 0 Å². The lowest BCUT2D eigenvalue weighted by molar-refractivity contribution is 0.102. The summed E-state index contributed by atoms with van der Waals surface area (Å²) in [6, 6.07) is 7.35. The van der Waals surface area contributed by atoms with E-state index >= 15 is 0 Å². The van der Waals surface area contributed by atoms with Gasteiger partial charge in [0, 0.05) is 24.2 Å². The second kappa shape index (κ2) is 5.68. The molecule has 1 N–H and O–H groups in total. The van der Waals surface area contributed by atoms with Gasteiger partial charge in [-0.05, 0) is 31.0 Å². The van der Waals surface area contributed by atoms with Crippen LogP contribution in [0.5, 0.6) is 0 Å². The summed E-state index contributed by atoms with van der Waals surface area (Å²) in [4.78, 5) is 16.9. The smallest absolute Gasteiger partial charge is 0.256 e. The molecule has 1 aliphatic rings. The number of carbonyl (C=O) groups excluding carboxylic acids is 1. The highest BCUT2D eigenvalue weighted by Crippen LogP contribution is 2.20. The van der Waals surface area contributed by atoms with E-state index in [1.165, 1.54) is 0 Å². The molecule has 0 saturated heterocycles. The number of amides is 1. The third-order valence-electron chi connectivity index (χ3n) is 4.04. The lowest BCUT2D eigenvalue weighted by Crippen LogP contribution is -2.18. The third kappa shape index (κ3) is 2.61. The lowest BCUT2D eigenvalue weighted by atomic mass is 10.1. The van der Waals surface area contributed by atoms with Crippen molar-refractivity contribution in [1.29, 1.82) is 0 Å². The van der Waals surface area contributed by atoms with Crippen molar-refractivity contribution in [2.45, 2.75) is 25.8 Å². The second-order valence-corrected chi connectivity index (χ2v) is 5.54. The number of hydrogen-bond donors (Lipinski definition) is 1. The Hall–Kier alpha value is -2.96. The van der Waals surface area contributed by atoms with Gasteiger partial charge in [-0.25, -0.2) is 4.98 Å². The minimum atomic E-state index is -0.145. The fourth-order valence-electron chi connectivity index (χ4n) is 2.85. The van der Waals surface area contributed by atoms with Gasteiger partial charge in [0.25, 0.3) is 5.91 Å². The predicted octanol–water partition coefficient (Wildman–Crippen LogP) is 2.05. The number of anilines is 1. The van der Waals surface area contributed by atoms with E-state index in [9.17, 15) is 4.79 Å². The number of fused-ring (bicyclic) bond motifs is 1. The van der Waals surface area contributed by atoms with Gasteiger partial charge in [0.2, 0.25) is 0 Å². The van der Waals surface area contributed by atoms with Gasteiger partial charge in [-0.1, -0.05) is 6.07 Å². The molecule has 23 heavy (non-hydrogen) atoms. The van der Waals surface area contributed by atoms with Crippen molar-refractivity contribution in [2.75, 3.05) is 5.32 Å². The molecule has 0 radical (unpaired) electrons. The highest BCUT2D eigenvalue weighted by Gasteiger charge is 2.16. The van der Waals surface area contributed by atoms with Crippen LogP contribution in [0, 0.1) is 0 Å². The van der Waals surface area contributed by atoms with Gasteiger partial charge in [-0.2, -0.15) is 0 Å². The maximum absolute atomic E-state index is 12.5. The first-order valence-corrected chi connectivity index (χ1v) is 7.62. The Bertz CT molecular complexity index is 836. The number of nitrogens with one attached hydrogen (secondary N) is 1. The first-order valence-electron chi connectivity index (χ1n) is 7.62. The minimum absolute atomic E-state index is 0.145. The first-order chi connectivity index (χ1) is 11.3. The number of nitrogens with zero attached hydrogens (tertiary/aromatic N) is 5. The molecule has 0 aliphatic carbocycles. The number of benzene rings is 1. The fraction of sp³-hybridized carbons (Fsp3) is 0.250. The van der Waals surface area contributed by atoms with Gasteiger partial charge in [0.05, 0.1) is 6.20 Å². The number of carbonyl (C=O) groups is 1. The molecule has 1 aromatic carbocycles. The average molecular weight is 308 g/mol. The van der Waals surface area contributed by atoms with Crippen LogP contribution in [0.2, 0.25) is 0 Å². The zero-order chi connectivity index (χ0) is 15.6. The Labute approximate surface area is 133 Å². The SMILES string of the molecule is O=C(Nc1cnc2n1CCCC2)c1cccc(-n2cnnc2)c1. The Kier molecular flexibility index (Phi) is 3.38. The molecular formula is C16H16N6O. The number of rotatable bonds is 3. The van der Waals surface area contributed by atoms with E-state index in [0.29, 0.717) is 5.56 Å². The van der Waals surface area contributed by atoms with Crippen molar-refractivity contribution in [3.8, 4) is 5.69 Å². The largest absolute Gasteiger partial charge is 0.315 e. The van der Waals surface area contributed by atoms with Gasteiger partial charge in [0.15, 0.2) is 0 Å². The van der Waals surface area contributed by atoms with Gasteiger partial charge in [0.1, 0.15) is 24.3 Å². The summed E-state index contributed by atoms with van der Waals surface area (Å²) in [6.45, 7) is 0.908. The zero-order valence-electron chi connectivity index (χ0n) is 12.5. The van der Waals surface area contributed by atoms with Gasteiger partial charge in [-0.3, -0.25) is 9.36 Å². The molecule has 7 heteroatoms. The van der Waals surface area contributed by atoms with Crippen molar-refractivity contribution >= 4 is 11.7 Å². The van der Waals surface area contributed by atoms with Crippen LogP contribution in [0.1, 0.15) is 29.0 Å². The molecule has 2 aromatic heterocycles. The maximum Gasteiger partial charge on any atom is 0.256 e. The third-order valence-corrected chi connectivity index (χ3v) is 4.04. The molecule has 3 aromatic rings. The highest BCUT2D eigenvalue weighted by atomic mass is 16.1. The zero-order valence-corrected chi connectivity index (χ0v) is 12.5. The molecule has 1 amide bonds. The summed E-state index contributed by atoms with van der Waals surface area (Å²) < 4.78 is 3.85. The summed E-state index contributed by atoms with van der Waals surface area (Å²) in [5.74, 6) is 1.66. The van der Waals surface area contributed by atoms with E-state index in [-0.39, 0.29) is 5.91 Å². The van der Waals surface area contributed by atoms with Crippen LogP contribution in [0.3, 0.4) is 0 Å². The normalized spacial score (nSPS) is 13.6. The summed E-state index contributed by atoms with van der Waals surface area (Å²) in [5.41, 5.74) is 1.43. The predicted molar refractivity (Wildman–Crippen MR) is 84.5 cm³/mol. The van der Waals surface area contributed by atoms with E-state index in [4.69, 9.17) is 0 Å². The Morgan fingerprint density at radius 1 is 1.17 bits per heavy atom. The summed E-state index contributed by atoms with van der Waals surface area (Å²) >= 11 is 0. The summed E-state index contributed by atoms with van der Waals surface area (Å²) in [5, 5.41) is 10.5. The van der Waals surface area contributed by atoms with Crippen molar-refractivity contribution < 1.29 is 4.79 Å². The number of aromatic nitrogens is 5. The fourth-order valence-corrected chi connectivity index (χ4v) is 2.85. The molecule has 4 rings (SSSR count). The number of hydrogen-bond acceptors (Lipinski definition) is 4. The van der Waals surface area contributed by atoms with E-state index < -0.39 is 0 Å². The standard InChI is InChI=1S/C16H16N6O/c23-16(20-15-9-17-14-6-1-2-7-22(14)15)12-4-3-5-13(8-12)21-10-18-19-11-21/h3-5,8-11H,1-2,6-7H2,(H,20,23). The van der Waals surface area contributed by atoms with Crippen molar-refractivity contribution in [2.24, 2.45) is 0 Å². The average Bonchev–Trinajstić information content (AvgIpc) is 3.25. The second-order valence-electron chi connectivity index (χ2n) is 5.54. The van der Waals surface area contributed by atoms with Crippen LogP contribution in [0.4, 0.5) is 5.82 Å². The van der Waals surface area contributed by atoms with Crippen LogP contribution >= 0.6 is 0 Å². The molecule has 0 saturated carbocycles. The van der Waals surface area contributed by atoms with Crippen molar-refractivity contribution in [3.05, 3.63) is 54.5 Å². The first kappa shape index (κ1) is 13.7. The summed E-state index contributed by atoms with van der Waals surface area (Å²) in [7, 11) is 0. The topological polar surface area (TPSA) is 77.6 Å². The van der Waals surface area contributed by atoms with Gasteiger partial charge in [-0.15, -0.1) is 10.2 Å². The van der Waals surface area contributed by atoms with E-state index in [1.807, 2.05) is 18.2 Å². The van der Waals surface area contributed by atoms with Crippen LogP contribution in [0.25, 0.3) is 5.69 Å². The molecule has 0 spiro atoms. The maximum atomic E-state index is 12.5. The molecule has 0 atom stereocenters. The van der Waals surface area contributed by atoms with Crippen LogP contribution in [-0.2, 0) is 13.0 Å². The molecule has 116 valence electrons. The monoisotopic (exact) mass is 308 g/mol. The molecule has 3 heterocycles. The van der Waals surface area contributed by atoms with Crippen molar-refractivity contribution in [1.82, 2.24) is 24.3 Å². The quantitative estimate of drug-likeness (QED) is 0.803. The van der Waals surface area contributed by atoms with Crippen LogP contribution in [-0.4, -0.2) is 30.2 Å². The summed E-state index contributed by atoms with van der Waals surface area (Å²) in [6.07, 6.45) is 8.19. The Balaban J connectivity index is 1.58. The highest BCUT2D eigenvalue weighted by molar-refractivity contribution is 6.04. The molecule has 7 nitrogen and oxygen atoms in total. The molecule has 0 bridgehead atoms. The molecule has 0 fully saturated rings. The van der Waals surface area contributed by atoms with Crippen LogP contribution < -0.4 is 5.32 Å². The lowest BCUT2D eigenvalue weighted by Gasteiger charge is -2.16.